The summed E-state index contributed by atoms with van der Waals surface area (Å²) in [4.78, 5) is 21.7. The Bertz CT molecular complexity index is 589. The number of nitrogens with one attached hydrogen (secondary N) is 1. The number of nitro benzene ring substituents is 1. The quantitative estimate of drug-likeness (QED) is 0.657. The lowest BCUT2D eigenvalue weighted by Gasteiger charge is -2.02. The van der Waals surface area contributed by atoms with Gasteiger partial charge in [-0.15, -0.1) is 0 Å². The lowest BCUT2D eigenvalue weighted by molar-refractivity contribution is -0.384. The van der Waals surface area contributed by atoms with E-state index in [0.717, 1.165) is 0 Å². The van der Waals surface area contributed by atoms with E-state index >= 15 is 0 Å². The van der Waals surface area contributed by atoms with Crippen LogP contribution in [0.5, 0.6) is 0 Å². The molecular formula is C11H10N4O3. The van der Waals surface area contributed by atoms with Gasteiger partial charge in [-0.05, 0) is 12.1 Å². The molecule has 0 radical (unpaired) electrons. The molecule has 1 aromatic heterocycles. The number of amides is 1. The van der Waals surface area contributed by atoms with Crippen LogP contribution in [0.15, 0.2) is 36.7 Å². The summed E-state index contributed by atoms with van der Waals surface area (Å²) >= 11 is 0. The van der Waals surface area contributed by atoms with Crippen LogP contribution in [0.4, 0.5) is 11.4 Å². The van der Waals surface area contributed by atoms with E-state index in [9.17, 15) is 14.9 Å². The molecule has 0 aliphatic carbocycles. The molecule has 1 heterocycles. The molecule has 0 aliphatic heterocycles. The number of anilines is 1. The normalized spacial score (nSPS) is 10.1. The Kier molecular flexibility index (Phi) is 3.05. The fourth-order valence-electron chi connectivity index (χ4n) is 1.41. The Morgan fingerprint density at radius 1 is 1.39 bits per heavy atom. The summed E-state index contributed by atoms with van der Waals surface area (Å²) in [5.74, 6) is -0.308. The lowest BCUT2D eigenvalue weighted by Crippen LogP contribution is -2.10. The second kappa shape index (κ2) is 4.66. The van der Waals surface area contributed by atoms with Crippen molar-refractivity contribution in [3.8, 4) is 0 Å². The maximum absolute atomic E-state index is 11.7. The molecule has 0 unspecified atom stereocenters. The van der Waals surface area contributed by atoms with E-state index < -0.39 is 4.92 Å². The molecule has 0 aliphatic rings. The van der Waals surface area contributed by atoms with Crippen LogP contribution in [0, 0.1) is 10.1 Å². The first-order valence-corrected chi connectivity index (χ1v) is 5.11. The fourth-order valence-corrected chi connectivity index (χ4v) is 1.41. The first-order valence-electron chi connectivity index (χ1n) is 5.11. The lowest BCUT2D eigenvalue weighted by atomic mass is 10.2. The molecule has 0 fully saturated rings. The number of non-ortho nitro benzene ring substituents is 1. The third kappa shape index (κ3) is 2.51. The summed E-state index contributed by atoms with van der Waals surface area (Å²) in [5, 5.41) is 17.0. The van der Waals surface area contributed by atoms with Gasteiger partial charge in [0.05, 0.1) is 16.7 Å². The maximum atomic E-state index is 11.7. The molecule has 7 nitrogen and oxygen atoms in total. The maximum Gasteiger partial charge on any atom is 0.269 e. The second-order valence-corrected chi connectivity index (χ2v) is 3.66. The molecule has 2 aromatic rings. The number of aryl methyl sites for hydroxylation is 1. The fraction of sp³-hybridized carbons (Fsp3) is 0.0909. The highest BCUT2D eigenvalue weighted by molar-refractivity contribution is 6.03. The van der Waals surface area contributed by atoms with Gasteiger partial charge in [0.1, 0.15) is 0 Å². The number of hydrogen-bond acceptors (Lipinski definition) is 4. The van der Waals surface area contributed by atoms with E-state index in [1.807, 2.05) is 0 Å². The van der Waals surface area contributed by atoms with Crippen molar-refractivity contribution in [2.24, 2.45) is 7.05 Å². The van der Waals surface area contributed by atoms with Crippen molar-refractivity contribution < 1.29 is 9.72 Å². The number of rotatable bonds is 3. The van der Waals surface area contributed by atoms with Gasteiger partial charge in [0.15, 0.2) is 0 Å². The molecule has 0 atom stereocenters. The zero-order valence-corrected chi connectivity index (χ0v) is 9.53. The number of benzene rings is 1. The van der Waals surface area contributed by atoms with Crippen molar-refractivity contribution in [2.75, 3.05) is 5.32 Å². The van der Waals surface area contributed by atoms with Crippen LogP contribution in [-0.2, 0) is 7.05 Å². The first-order chi connectivity index (χ1) is 8.56. The van der Waals surface area contributed by atoms with Crippen LogP contribution < -0.4 is 5.32 Å². The van der Waals surface area contributed by atoms with Crippen LogP contribution in [0.3, 0.4) is 0 Å². The Balaban J connectivity index is 2.10. The molecule has 2 rings (SSSR count). The predicted molar refractivity (Wildman–Crippen MR) is 64.3 cm³/mol. The average molecular weight is 246 g/mol. The van der Waals surface area contributed by atoms with Crippen LogP contribution in [-0.4, -0.2) is 20.6 Å². The van der Waals surface area contributed by atoms with Crippen LogP contribution in [0.1, 0.15) is 10.4 Å². The Labute approximate surface area is 102 Å². The summed E-state index contributed by atoms with van der Waals surface area (Å²) in [6, 6.07) is 5.62. The van der Waals surface area contributed by atoms with Crippen molar-refractivity contribution in [3.05, 3.63) is 52.3 Å². The van der Waals surface area contributed by atoms with Crippen LogP contribution in [0.2, 0.25) is 0 Å². The molecule has 0 spiro atoms. The number of nitrogens with zero attached hydrogens (tertiary/aromatic N) is 3. The van der Waals surface area contributed by atoms with Gasteiger partial charge >= 0.3 is 0 Å². The van der Waals surface area contributed by atoms with Crippen molar-refractivity contribution in [3.63, 3.8) is 0 Å². The van der Waals surface area contributed by atoms with E-state index in [1.165, 1.54) is 35.1 Å². The molecule has 1 N–H and O–H groups in total. The smallest absolute Gasteiger partial charge is 0.269 e. The van der Waals surface area contributed by atoms with E-state index in [-0.39, 0.29) is 11.6 Å². The van der Waals surface area contributed by atoms with Crippen molar-refractivity contribution in [1.82, 2.24) is 9.78 Å². The molecule has 0 saturated carbocycles. The van der Waals surface area contributed by atoms with Gasteiger partial charge in [-0.2, -0.15) is 5.10 Å². The van der Waals surface area contributed by atoms with Crippen molar-refractivity contribution in [2.45, 2.75) is 0 Å². The molecule has 0 bridgehead atoms. The molecule has 1 aromatic carbocycles. The van der Waals surface area contributed by atoms with E-state index in [0.29, 0.717) is 11.3 Å². The number of nitro groups is 1. The van der Waals surface area contributed by atoms with Gasteiger partial charge in [0, 0.05) is 31.1 Å². The second-order valence-electron chi connectivity index (χ2n) is 3.66. The summed E-state index contributed by atoms with van der Waals surface area (Å²) in [5.41, 5.74) is 0.902. The largest absolute Gasteiger partial charge is 0.322 e. The molecular weight excluding hydrogens is 236 g/mol. The highest BCUT2D eigenvalue weighted by Crippen LogP contribution is 2.16. The van der Waals surface area contributed by atoms with Gasteiger partial charge in [0.25, 0.3) is 11.6 Å². The molecule has 1 amide bonds. The number of carbonyl (C=O) groups is 1. The van der Waals surface area contributed by atoms with Gasteiger partial charge in [-0.25, -0.2) is 0 Å². The van der Waals surface area contributed by atoms with E-state index in [2.05, 4.69) is 10.4 Å². The standard InChI is InChI=1S/C11H10N4O3/c1-14-7-8(6-12-14)11(16)13-9-2-4-10(5-3-9)15(17)18/h2-7H,1H3,(H,13,16). The molecule has 92 valence electrons. The number of aromatic nitrogens is 2. The average Bonchev–Trinajstić information content (AvgIpc) is 2.76. The zero-order valence-electron chi connectivity index (χ0n) is 9.53. The first kappa shape index (κ1) is 11.8. The SMILES string of the molecule is Cn1cc(C(=O)Nc2ccc([N+](=O)[O-])cc2)cn1. The topological polar surface area (TPSA) is 90.1 Å². The highest BCUT2D eigenvalue weighted by atomic mass is 16.6. The summed E-state index contributed by atoms with van der Waals surface area (Å²) in [6.45, 7) is 0. The molecule has 18 heavy (non-hydrogen) atoms. The van der Waals surface area contributed by atoms with Gasteiger partial charge in [0.2, 0.25) is 0 Å². The Morgan fingerprint density at radius 2 is 2.06 bits per heavy atom. The molecule has 0 saturated heterocycles. The predicted octanol–water partition coefficient (Wildman–Crippen LogP) is 1.58. The third-order valence-corrected chi connectivity index (χ3v) is 2.30. The number of carbonyl (C=O) groups excluding carboxylic acids is 1. The van der Waals surface area contributed by atoms with E-state index in [4.69, 9.17) is 0 Å². The zero-order chi connectivity index (χ0) is 13.1. The van der Waals surface area contributed by atoms with Crippen LogP contribution >= 0.6 is 0 Å². The Hall–Kier alpha value is -2.70. The van der Waals surface area contributed by atoms with Gasteiger partial charge in [-0.1, -0.05) is 0 Å². The van der Waals surface area contributed by atoms with Crippen molar-refractivity contribution >= 4 is 17.3 Å². The summed E-state index contributed by atoms with van der Waals surface area (Å²) in [6.07, 6.45) is 3.03. The Morgan fingerprint density at radius 3 is 2.56 bits per heavy atom. The minimum absolute atomic E-state index is 0.0191. The minimum Gasteiger partial charge on any atom is -0.322 e. The third-order valence-electron chi connectivity index (χ3n) is 2.30. The monoisotopic (exact) mass is 246 g/mol. The highest BCUT2D eigenvalue weighted by Gasteiger charge is 2.09. The van der Waals surface area contributed by atoms with Crippen molar-refractivity contribution in [1.29, 1.82) is 0 Å². The minimum atomic E-state index is -0.493. The summed E-state index contributed by atoms with van der Waals surface area (Å²) in [7, 11) is 1.71. The number of hydrogen-bond donors (Lipinski definition) is 1. The van der Waals surface area contributed by atoms with E-state index in [1.54, 1.807) is 13.2 Å². The van der Waals surface area contributed by atoms with Crippen LogP contribution in [0.25, 0.3) is 0 Å². The summed E-state index contributed by atoms with van der Waals surface area (Å²) < 4.78 is 1.52. The van der Waals surface area contributed by atoms with Gasteiger partial charge in [-0.3, -0.25) is 19.6 Å². The molecule has 7 heteroatoms. The van der Waals surface area contributed by atoms with Gasteiger partial charge < -0.3 is 5.32 Å².